The zero-order chi connectivity index (χ0) is 44.3. The van der Waals surface area contributed by atoms with Crippen LogP contribution in [0.15, 0.2) is 48.6 Å². The molecule has 1 rings (SSSR count). The summed E-state index contributed by atoms with van der Waals surface area (Å²) in [5, 5.41) is 50.1. The van der Waals surface area contributed by atoms with E-state index in [0.717, 1.165) is 57.8 Å². The first-order valence-corrected chi connectivity index (χ1v) is 24.5. The van der Waals surface area contributed by atoms with Gasteiger partial charge in [0.25, 0.3) is 0 Å². The van der Waals surface area contributed by atoms with E-state index in [9.17, 15) is 44.6 Å². The summed E-state index contributed by atoms with van der Waals surface area (Å²) in [7, 11) is -5.12. The van der Waals surface area contributed by atoms with Crippen LogP contribution in [0.4, 0.5) is 0 Å². The molecule has 0 saturated heterocycles. The molecule has 0 aromatic carbocycles. The molecule has 8 atom stereocenters. The van der Waals surface area contributed by atoms with Crippen LogP contribution in [0.2, 0.25) is 0 Å². The zero-order valence-electron chi connectivity index (χ0n) is 36.7. The topological polar surface area (TPSA) is 210 Å². The van der Waals surface area contributed by atoms with Gasteiger partial charge in [-0.15, -0.1) is 0 Å². The van der Waals surface area contributed by atoms with Crippen molar-refractivity contribution in [2.24, 2.45) is 0 Å². The molecule has 348 valence electrons. The van der Waals surface area contributed by atoms with E-state index in [2.05, 4.69) is 26.0 Å². The molecule has 0 amide bonds. The quantitative estimate of drug-likeness (QED) is 0.0149. The monoisotopic (exact) mass is 873 g/mol. The van der Waals surface area contributed by atoms with Crippen LogP contribution in [0.3, 0.4) is 0 Å². The minimum Gasteiger partial charge on any atom is -0.462 e. The number of aliphatic hydroxyl groups excluding tert-OH is 5. The third kappa shape index (κ3) is 28.4. The molecule has 0 bridgehead atoms. The molecule has 1 saturated carbocycles. The molecule has 6 N–H and O–H groups in total. The first-order valence-electron chi connectivity index (χ1n) is 23.0. The maximum atomic E-state index is 12.8. The van der Waals surface area contributed by atoms with E-state index >= 15 is 0 Å². The Balaban J connectivity index is 2.47. The van der Waals surface area contributed by atoms with Crippen LogP contribution in [0.1, 0.15) is 174 Å². The number of esters is 2. The minimum atomic E-state index is -5.12. The lowest BCUT2D eigenvalue weighted by molar-refractivity contribution is -0.220. The number of carbonyl (C=O) groups is 2. The highest BCUT2D eigenvalue weighted by molar-refractivity contribution is 7.47. The summed E-state index contributed by atoms with van der Waals surface area (Å²) in [5.41, 5.74) is 0. The van der Waals surface area contributed by atoms with Crippen LogP contribution in [0, 0.1) is 0 Å². The molecule has 0 spiro atoms. The van der Waals surface area contributed by atoms with Gasteiger partial charge in [0.15, 0.2) is 6.10 Å². The maximum Gasteiger partial charge on any atom is 0.472 e. The van der Waals surface area contributed by atoms with Gasteiger partial charge in [0, 0.05) is 12.8 Å². The molecule has 0 heterocycles. The van der Waals surface area contributed by atoms with Crippen LogP contribution in [-0.4, -0.2) is 98.3 Å². The lowest BCUT2D eigenvalue weighted by Gasteiger charge is -2.41. The number of carbonyl (C=O) groups excluding carboxylic acids is 2. The van der Waals surface area contributed by atoms with Crippen LogP contribution in [-0.2, 0) is 32.7 Å². The molecular weight excluding hydrogens is 791 g/mol. The molecule has 1 aliphatic carbocycles. The first-order chi connectivity index (χ1) is 28.9. The van der Waals surface area contributed by atoms with Crippen molar-refractivity contribution in [3.8, 4) is 0 Å². The van der Waals surface area contributed by atoms with Crippen LogP contribution < -0.4 is 0 Å². The number of hydrogen-bond acceptors (Lipinski definition) is 12. The van der Waals surface area contributed by atoms with E-state index in [0.29, 0.717) is 12.8 Å². The SMILES string of the molecule is CC/C=C/C=C/C=C/C=C/CCCCCCCC(=O)O[C@@H](COC(=O)CCCCCCCCCCCCCCCCCC)COP(=O)(O)OC1C(O)C(O)C(O)[C@H](O)C1O. The average molecular weight is 873 g/mol. The van der Waals surface area contributed by atoms with Gasteiger partial charge in [-0.25, -0.2) is 4.57 Å². The maximum absolute atomic E-state index is 12.8. The summed E-state index contributed by atoms with van der Waals surface area (Å²) in [6.45, 7) is 3.14. The van der Waals surface area contributed by atoms with Crippen molar-refractivity contribution < 1.29 is 63.1 Å². The Kier molecular flexibility index (Phi) is 33.8. The van der Waals surface area contributed by atoms with Gasteiger partial charge < -0.3 is 39.9 Å². The third-order valence-electron chi connectivity index (χ3n) is 10.5. The van der Waals surface area contributed by atoms with Gasteiger partial charge in [-0.2, -0.15) is 0 Å². The molecule has 1 fully saturated rings. The molecule has 0 aliphatic heterocycles. The summed E-state index contributed by atoms with van der Waals surface area (Å²) in [4.78, 5) is 35.7. The standard InChI is InChI=1S/C46H81O13P/c1-3-5-7-9-11-13-15-17-19-21-22-24-26-28-30-32-34-39(47)56-36-38(37-57-60(54,55)59-46-44(52)42(50)41(49)43(51)45(46)53)58-40(48)35-33-31-29-27-25-23-20-18-16-14-12-10-8-6-4-2/h6,8,10,12,14,16,18,20,38,41-46,49-53H,3-5,7,9,11,13,15,17,19,21-37H2,1-2H3,(H,54,55)/b8-6+,12-10+,16-14+,20-18+/t38-,41?,42-,43?,44?,45?,46?/m0/s1. The van der Waals surface area contributed by atoms with Crippen molar-refractivity contribution in [2.45, 2.75) is 217 Å². The molecular formula is C46H81O13P. The van der Waals surface area contributed by atoms with E-state index < -0.39 is 75.7 Å². The third-order valence-corrected chi connectivity index (χ3v) is 11.5. The predicted octanol–water partition coefficient (Wildman–Crippen LogP) is 8.78. The Labute approximate surface area is 360 Å². The Morgan fingerprint density at radius 2 is 0.950 bits per heavy atom. The van der Waals surface area contributed by atoms with E-state index in [1.807, 2.05) is 36.5 Å². The molecule has 0 radical (unpaired) electrons. The number of phosphoric acid groups is 1. The van der Waals surface area contributed by atoms with E-state index in [1.165, 1.54) is 77.0 Å². The summed E-state index contributed by atoms with van der Waals surface area (Å²) in [6.07, 6.45) is 28.8. The number of unbranched alkanes of at least 4 members (excludes halogenated alkanes) is 20. The van der Waals surface area contributed by atoms with E-state index in [-0.39, 0.29) is 12.8 Å². The first kappa shape index (κ1) is 55.8. The smallest absolute Gasteiger partial charge is 0.462 e. The Bertz CT molecular complexity index is 1240. The number of rotatable bonds is 37. The summed E-state index contributed by atoms with van der Waals surface area (Å²) >= 11 is 0. The number of phosphoric ester groups is 1. The second-order valence-electron chi connectivity index (χ2n) is 16.0. The van der Waals surface area contributed by atoms with Crippen molar-refractivity contribution in [1.82, 2.24) is 0 Å². The predicted molar refractivity (Wildman–Crippen MR) is 235 cm³/mol. The fourth-order valence-corrected chi connectivity index (χ4v) is 7.80. The minimum absolute atomic E-state index is 0.0706. The van der Waals surface area contributed by atoms with Crippen molar-refractivity contribution in [3.05, 3.63) is 48.6 Å². The average Bonchev–Trinajstić information content (AvgIpc) is 3.23. The highest BCUT2D eigenvalue weighted by Crippen LogP contribution is 2.47. The van der Waals surface area contributed by atoms with Crippen molar-refractivity contribution in [3.63, 3.8) is 0 Å². The number of allylic oxidation sites excluding steroid dienone is 8. The van der Waals surface area contributed by atoms with Gasteiger partial charge in [0.1, 0.15) is 43.2 Å². The molecule has 1 aliphatic rings. The van der Waals surface area contributed by atoms with Crippen LogP contribution >= 0.6 is 7.82 Å². The number of hydrogen-bond donors (Lipinski definition) is 6. The zero-order valence-corrected chi connectivity index (χ0v) is 37.6. The van der Waals surface area contributed by atoms with Crippen LogP contribution in [0.25, 0.3) is 0 Å². The van der Waals surface area contributed by atoms with Gasteiger partial charge >= 0.3 is 19.8 Å². The second-order valence-corrected chi connectivity index (χ2v) is 17.4. The van der Waals surface area contributed by atoms with Gasteiger partial charge in [-0.1, -0.05) is 178 Å². The van der Waals surface area contributed by atoms with E-state index in [1.54, 1.807) is 0 Å². The number of ether oxygens (including phenoxy) is 2. The molecule has 13 nitrogen and oxygen atoms in total. The molecule has 14 heteroatoms. The highest BCUT2D eigenvalue weighted by Gasteiger charge is 2.51. The molecule has 6 unspecified atom stereocenters. The van der Waals surface area contributed by atoms with E-state index in [4.69, 9.17) is 18.5 Å². The molecule has 60 heavy (non-hydrogen) atoms. The summed E-state index contributed by atoms with van der Waals surface area (Å²) in [6, 6.07) is 0. The molecule has 0 aromatic rings. The van der Waals surface area contributed by atoms with Crippen molar-refractivity contribution >= 4 is 19.8 Å². The number of aliphatic hydroxyl groups is 5. The summed E-state index contributed by atoms with van der Waals surface area (Å²) < 4.78 is 33.5. The lowest BCUT2D eigenvalue weighted by atomic mass is 9.85. The van der Waals surface area contributed by atoms with Gasteiger partial charge in [-0.05, 0) is 32.1 Å². The van der Waals surface area contributed by atoms with Gasteiger partial charge in [0.2, 0.25) is 0 Å². The fourth-order valence-electron chi connectivity index (χ4n) is 6.83. The Morgan fingerprint density at radius 1 is 0.533 bits per heavy atom. The normalized spacial score (nSPS) is 22.6. The Morgan fingerprint density at radius 3 is 1.45 bits per heavy atom. The van der Waals surface area contributed by atoms with Crippen molar-refractivity contribution in [1.29, 1.82) is 0 Å². The molecule has 0 aromatic heterocycles. The van der Waals surface area contributed by atoms with Crippen molar-refractivity contribution in [2.75, 3.05) is 13.2 Å². The fraction of sp³-hybridized carbons (Fsp3) is 0.783. The Hall–Kier alpha value is -2.19. The second kappa shape index (κ2) is 36.3. The summed E-state index contributed by atoms with van der Waals surface area (Å²) in [5.74, 6) is -1.12. The highest BCUT2D eigenvalue weighted by atomic mass is 31.2. The lowest BCUT2D eigenvalue weighted by Crippen LogP contribution is -2.64. The van der Waals surface area contributed by atoms with Gasteiger partial charge in [-0.3, -0.25) is 18.6 Å². The largest absolute Gasteiger partial charge is 0.472 e. The van der Waals surface area contributed by atoms with Crippen LogP contribution in [0.5, 0.6) is 0 Å². The van der Waals surface area contributed by atoms with Gasteiger partial charge in [0.05, 0.1) is 6.61 Å².